The Morgan fingerprint density at radius 1 is 1.24 bits per heavy atom. The number of nitrogens with one attached hydrogen (secondary N) is 2. The first kappa shape index (κ1) is 17.4. The van der Waals surface area contributed by atoms with Crippen molar-refractivity contribution in [2.24, 2.45) is 5.92 Å². The highest BCUT2D eigenvalue weighted by Gasteiger charge is 2.26. The molecular formula is C18H25N5O2. The van der Waals surface area contributed by atoms with E-state index < -0.39 is 0 Å². The molecule has 2 heterocycles. The van der Waals surface area contributed by atoms with Gasteiger partial charge in [0.2, 0.25) is 0 Å². The Morgan fingerprint density at radius 2 is 2.00 bits per heavy atom. The molecule has 134 valence electrons. The smallest absolute Gasteiger partial charge is 0.251 e. The second-order valence-electron chi connectivity index (χ2n) is 6.55. The Balaban J connectivity index is 1.82. The van der Waals surface area contributed by atoms with E-state index in [1.54, 1.807) is 31.4 Å². The number of fused-ring (bicyclic) bond motifs is 1. The Bertz CT molecular complexity index is 724. The fourth-order valence-corrected chi connectivity index (χ4v) is 3.02. The van der Waals surface area contributed by atoms with Crippen LogP contribution in [0.1, 0.15) is 41.9 Å². The van der Waals surface area contributed by atoms with E-state index in [4.69, 9.17) is 4.74 Å². The largest absolute Gasteiger partial charge is 0.497 e. The summed E-state index contributed by atoms with van der Waals surface area (Å²) in [6.45, 7) is 6.77. The van der Waals surface area contributed by atoms with E-state index >= 15 is 0 Å². The monoisotopic (exact) mass is 343 g/mol. The van der Waals surface area contributed by atoms with E-state index in [9.17, 15) is 4.79 Å². The van der Waals surface area contributed by atoms with Crippen LogP contribution in [0, 0.1) is 5.92 Å². The Hall–Kier alpha value is -2.41. The molecule has 3 rings (SSSR count). The van der Waals surface area contributed by atoms with E-state index in [-0.39, 0.29) is 17.9 Å². The van der Waals surface area contributed by atoms with Crippen molar-refractivity contribution < 1.29 is 9.53 Å². The van der Waals surface area contributed by atoms with Crippen LogP contribution in [0.3, 0.4) is 0 Å². The van der Waals surface area contributed by atoms with Crippen molar-refractivity contribution in [3.63, 3.8) is 0 Å². The molecule has 0 unspecified atom stereocenters. The van der Waals surface area contributed by atoms with Crippen molar-refractivity contribution in [3.05, 3.63) is 41.5 Å². The first-order valence-corrected chi connectivity index (χ1v) is 8.67. The zero-order valence-corrected chi connectivity index (χ0v) is 15.0. The van der Waals surface area contributed by atoms with Gasteiger partial charge in [-0.15, -0.1) is 10.2 Å². The van der Waals surface area contributed by atoms with Crippen molar-refractivity contribution in [1.29, 1.82) is 0 Å². The quantitative estimate of drug-likeness (QED) is 0.861. The summed E-state index contributed by atoms with van der Waals surface area (Å²) >= 11 is 0. The third kappa shape index (κ3) is 3.82. The molecule has 0 bridgehead atoms. The molecule has 0 aliphatic carbocycles. The predicted molar refractivity (Wildman–Crippen MR) is 94.6 cm³/mol. The van der Waals surface area contributed by atoms with Crippen LogP contribution in [0.5, 0.6) is 5.75 Å². The summed E-state index contributed by atoms with van der Waals surface area (Å²) < 4.78 is 7.28. The Kier molecular flexibility index (Phi) is 5.33. The molecule has 0 saturated heterocycles. The number of nitrogens with zero attached hydrogens (tertiary/aromatic N) is 3. The number of ether oxygens (including phenoxy) is 1. The van der Waals surface area contributed by atoms with Crippen molar-refractivity contribution in [2.45, 2.75) is 32.9 Å². The number of hydrogen-bond donors (Lipinski definition) is 2. The molecule has 25 heavy (non-hydrogen) atoms. The van der Waals surface area contributed by atoms with Gasteiger partial charge in [0.1, 0.15) is 11.6 Å². The van der Waals surface area contributed by atoms with Gasteiger partial charge in [-0.1, -0.05) is 13.8 Å². The summed E-state index contributed by atoms with van der Waals surface area (Å²) in [7, 11) is 1.61. The van der Waals surface area contributed by atoms with Gasteiger partial charge < -0.3 is 19.9 Å². The summed E-state index contributed by atoms with van der Waals surface area (Å²) in [4.78, 5) is 12.7. The first-order valence-electron chi connectivity index (χ1n) is 8.67. The summed E-state index contributed by atoms with van der Waals surface area (Å²) in [5.41, 5.74) is 0.601. The van der Waals surface area contributed by atoms with Crippen molar-refractivity contribution >= 4 is 5.91 Å². The fraction of sp³-hybridized carbons (Fsp3) is 0.500. The van der Waals surface area contributed by atoms with Gasteiger partial charge in [0.05, 0.1) is 13.2 Å². The third-order valence-electron chi connectivity index (χ3n) is 4.48. The van der Waals surface area contributed by atoms with E-state index in [0.717, 1.165) is 43.5 Å². The van der Waals surface area contributed by atoms with E-state index in [2.05, 4.69) is 39.2 Å². The van der Waals surface area contributed by atoms with Crippen LogP contribution in [-0.2, 0) is 13.0 Å². The van der Waals surface area contributed by atoms with Crippen molar-refractivity contribution in [3.8, 4) is 5.75 Å². The van der Waals surface area contributed by atoms with Gasteiger partial charge in [0, 0.05) is 31.6 Å². The van der Waals surface area contributed by atoms with Gasteiger partial charge >= 0.3 is 0 Å². The molecule has 1 amide bonds. The summed E-state index contributed by atoms with van der Waals surface area (Å²) in [6, 6.07) is 6.91. The molecule has 1 atom stereocenters. The van der Waals surface area contributed by atoms with Gasteiger partial charge in [-0.25, -0.2) is 0 Å². The highest BCUT2D eigenvalue weighted by Crippen LogP contribution is 2.22. The molecule has 1 aliphatic rings. The number of amides is 1. The van der Waals surface area contributed by atoms with Gasteiger partial charge in [-0.3, -0.25) is 4.79 Å². The van der Waals surface area contributed by atoms with Crippen LogP contribution in [0.25, 0.3) is 0 Å². The van der Waals surface area contributed by atoms with Gasteiger partial charge in [-0.05, 0) is 30.2 Å². The van der Waals surface area contributed by atoms with E-state index in [1.807, 2.05) is 0 Å². The fourth-order valence-electron chi connectivity index (χ4n) is 3.02. The lowest BCUT2D eigenvalue weighted by Crippen LogP contribution is -2.34. The van der Waals surface area contributed by atoms with E-state index in [1.165, 1.54) is 0 Å². The molecule has 7 nitrogen and oxygen atoms in total. The maximum atomic E-state index is 12.7. The number of methoxy groups -OCH3 is 1. The maximum Gasteiger partial charge on any atom is 0.251 e. The minimum atomic E-state index is -0.186. The first-order chi connectivity index (χ1) is 12.1. The number of carbonyl (C=O) groups excluding carboxylic acids is 1. The lowest BCUT2D eigenvalue weighted by atomic mass is 10.0. The maximum absolute atomic E-state index is 12.7. The average Bonchev–Trinajstić information content (AvgIpc) is 2.86. The number of aromatic nitrogens is 3. The minimum Gasteiger partial charge on any atom is -0.497 e. The zero-order valence-electron chi connectivity index (χ0n) is 15.0. The zero-order chi connectivity index (χ0) is 17.8. The highest BCUT2D eigenvalue weighted by atomic mass is 16.5. The molecule has 1 aliphatic heterocycles. The topological polar surface area (TPSA) is 81.1 Å². The molecule has 2 aromatic rings. The van der Waals surface area contributed by atoms with Crippen LogP contribution in [0.15, 0.2) is 24.3 Å². The molecule has 0 saturated carbocycles. The lowest BCUT2D eigenvalue weighted by molar-refractivity contribution is 0.0922. The Labute approximate surface area is 147 Å². The Morgan fingerprint density at radius 3 is 2.68 bits per heavy atom. The van der Waals surface area contributed by atoms with Crippen LogP contribution in [0.4, 0.5) is 0 Å². The second-order valence-corrected chi connectivity index (χ2v) is 6.55. The third-order valence-corrected chi connectivity index (χ3v) is 4.48. The molecule has 0 radical (unpaired) electrons. The number of carbonyl (C=O) groups is 1. The molecule has 0 fully saturated rings. The molecule has 2 N–H and O–H groups in total. The van der Waals surface area contributed by atoms with Crippen LogP contribution in [-0.4, -0.2) is 40.9 Å². The molecule has 7 heteroatoms. The predicted octanol–water partition coefficient (Wildman–Crippen LogP) is 1.56. The summed E-state index contributed by atoms with van der Waals surface area (Å²) in [5, 5.41) is 15.2. The highest BCUT2D eigenvalue weighted by molar-refractivity contribution is 5.94. The molecule has 1 aromatic heterocycles. The average molecular weight is 343 g/mol. The normalized spacial score (nSPS) is 15.4. The van der Waals surface area contributed by atoms with Crippen LogP contribution < -0.4 is 15.4 Å². The van der Waals surface area contributed by atoms with Crippen LogP contribution >= 0.6 is 0 Å². The SMILES string of the molecule is COc1ccc(C(=O)N[C@@H](c2nnc3n2CCNCC3)C(C)C)cc1. The van der Waals surface area contributed by atoms with Crippen LogP contribution in [0.2, 0.25) is 0 Å². The second kappa shape index (κ2) is 7.65. The van der Waals surface area contributed by atoms with Crippen molar-refractivity contribution in [1.82, 2.24) is 25.4 Å². The number of rotatable bonds is 5. The summed E-state index contributed by atoms with van der Waals surface area (Å²) in [5.74, 6) is 2.62. The molecule has 0 spiro atoms. The van der Waals surface area contributed by atoms with E-state index in [0.29, 0.717) is 5.56 Å². The number of benzene rings is 1. The summed E-state index contributed by atoms with van der Waals surface area (Å²) in [6.07, 6.45) is 0.851. The number of hydrogen-bond acceptors (Lipinski definition) is 5. The van der Waals surface area contributed by atoms with Gasteiger partial charge in [-0.2, -0.15) is 0 Å². The minimum absolute atomic E-state index is 0.120. The molecule has 1 aromatic carbocycles. The van der Waals surface area contributed by atoms with Crippen molar-refractivity contribution in [2.75, 3.05) is 20.2 Å². The molecular weight excluding hydrogens is 318 g/mol. The lowest BCUT2D eigenvalue weighted by Gasteiger charge is -2.22. The van der Waals surface area contributed by atoms with Gasteiger partial charge in [0.15, 0.2) is 5.82 Å². The van der Waals surface area contributed by atoms with Gasteiger partial charge in [0.25, 0.3) is 5.91 Å². The standard InChI is InChI=1S/C18H25N5O2/c1-12(2)16(17-22-21-15-8-9-19-10-11-23(15)17)20-18(24)13-4-6-14(25-3)7-5-13/h4-7,12,16,19H,8-11H2,1-3H3,(H,20,24)/t16-/m1/s1.